The Bertz CT molecular complexity index is 900. The normalized spacial score (nSPS) is 16.4. The summed E-state index contributed by atoms with van der Waals surface area (Å²) in [6, 6.07) is 21.5. The monoisotopic (exact) mass is 335 g/mol. The fourth-order valence-corrected chi connectivity index (χ4v) is 2.91. The molecule has 0 radical (unpaired) electrons. The van der Waals surface area contributed by atoms with Crippen LogP contribution in [-0.4, -0.2) is 12.5 Å². The number of benzene rings is 3. The molecule has 1 aliphatic rings. The molecule has 1 atom stereocenters. The highest BCUT2D eigenvalue weighted by Gasteiger charge is 2.26. The summed E-state index contributed by atoms with van der Waals surface area (Å²) < 4.78 is 33.2. The zero-order valence-electron chi connectivity index (χ0n) is 13.3. The molecule has 0 amide bonds. The molecule has 0 saturated carbocycles. The quantitative estimate of drug-likeness (QED) is 0.649. The van der Waals surface area contributed by atoms with E-state index in [0.717, 1.165) is 16.7 Å². The van der Waals surface area contributed by atoms with E-state index in [2.05, 4.69) is 4.99 Å². The largest absolute Gasteiger partial charge is 0.475 e. The van der Waals surface area contributed by atoms with Gasteiger partial charge in [-0.05, 0) is 28.8 Å². The molecule has 124 valence electrons. The summed E-state index contributed by atoms with van der Waals surface area (Å²) in [4.78, 5) is 4.37. The van der Waals surface area contributed by atoms with Crippen molar-refractivity contribution in [2.75, 3.05) is 6.61 Å². The van der Waals surface area contributed by atoms with Crippen LogP contribution in [-0.2, 0) is 4.74 Å². The number of hydrogen-bond acceptors (Lipinski definition) is 2. The van der Waals surface area contributed by atoms with E-state index in [0.29, 0.717) is 0 Å². The van der Waals surface area contributed by atoms with Crippen LogP contribution in [0.5, 0.6) is 0 Å². The van der Waals surface area contributed by atoms with Crippen LogP contribution in [0.4, 0.5) is 8.78 Å². The van der Waals surface area contributed by atoms with Crippen LogP contribution in [0.15, 0.2) is 77.8 Å². The topological polar surface area (TPSA) is 21.6 Å². The minimum absolute atomic E-state index is 0.0211. The Morgan fingerprint density at radius 3 is 2.08 bits per heavy atom. The van der Waals surface area contributed by atoms with Crippen molar-refractivity contribution in [3.8, 4) is 11.1 Å². The standard InChI is InChI=1S/C21H15F2NO/c22-17-7-4-8-18(23)20(17)21-24-19(13-25-21)16-11-9-15(10-12-16)14-5-2-1-3-6-14/h1-12,19H,13H2. The molecule has 4 heteroatoms. The first-order valence-corrected chi connectivity index (χ1v) is 8.03. The summed E-state index contributed by atoms with van der Waals surface area (Å²) in [5, 5.41) is 0. The van der Waals surface area contributed by atoms with Crippen LogP contribution in [0.1, 0.15) is 17.2 Å². The first kappa shape index (κ1) is 15.5. The Labute approximate surface area is 144 Å². The molecular weight excluding hydrogens is 320 g/mol. The number of hydrogen-bond donors (Lipinski definition) is 0. The molecular formula is C21H15F2NO. The van der Waals surface area contributed by atoms with Crippen molar-refractivity contribution in [2.45, 2.75) is 6.04 Å². The SMILES string of the molecule is Fc1cccc(F)c1C1=NC(c2ccc(-c3ccccc3)cc2)CO1. The van der Waals surface area contributed by atoms with Gasteiger partial charge in [-0.1, -0.05) is 60.7 Å². The van der Waals surface area contributed by atoms with Gasteiger partial charge < -0.3 is 4.74 Å². The van der Waals surface area contributed by atoms with Gasteiger partial charge in [0.05, 0.1) is 0 Å². The van der Waals surface area contributed by atoms with Gasteiger partial charge in [-0.2, -0.15) is 0 Å². The van der Waals surface area contributed by atoms with Crippen LogP contribution in [0.3, 0.4) is 0 Å². The maximum Gasteiger partial charge on any atom is 0.222 e. The summed E-state index contributed by atoms with van der Waals surface area (Å²) in [7, 11) is 0. The first-order chi connectivity index (χ1) is 12.2. The number of aliphatic imine (C=N–C) groups is 1. The molecule has 1 aliphatic heterocycles. The van der Waals surface area contributed by atoms with Gasteiger partial charge in [0.2, 0.25) is 5.90 Å². The fourth-order valence-electron chi connectivity index (χ4n) is 2.91. The van der Waals surface area contributed by atoms with Crippen molar-refractivity contribution in [1.29, 1.82) is 0 Å². The summed E-state index contributed by atoms with van der Waals surface area (Å²) in [5.41, 5.74) is 2.99. The molecule has 0 N–H and O–H groups in total. The van der Waals surface area contributed by atoms with Gasteiger partial charge in [0, 0.05) is 0 Å². The van der Waals surface area contributed by atoms with E-state index in [-0.39, 0.29) is 24.1 Å². The number of halogens is 2. The van der Waals surface area contributed by atoms with E-state index in [1.54, 1.807) is 0 Å². The third-order valence-electron chi connectivity index (χ3n) is 4.23. The number of ether oxygens (including phenoxy) is 1. The van der Waals surface area contributed by atoms with Gasteiger partial charge in [0.1, 0.15) is 29.8 Å². The van der Waals surface area contributed by atoms with E-state index < -0.39 is 11.6 Å². The van der Waals surface area contributed by atoms with Gasteiger partial charge in [-0.3, -0.25) is 0 Å². The number of rotatable bonds is 3. The van der Waals surface area contributed by atoms with E-state index in [4.69, 9.17) is 4.74 Å². The molecule has 2 nitrogen and oxygen atoms in total. The zero-order chi connectivity index (χ0) is 17.2. The maximum atomic E-state index is 13.9. The van der Waals surface area contributed by atoms with E-state index in [1.807, 2.05) is 54.6 Å². The van der Waals surface area contributed by atoms with Crippen LogP contribution >= 0.6 is 0 Å². The molecule has 3 aromatic carbocycles. The smallest absolute Gasteiger partial charge is 0.222 e. The predicted molar refractivity (Wildman–Crippen MR) is 93.5 cm³/mol. The van der Waals surface area contributed by atoms with E-state index in [1.165, 1.54) is 18.2 Å². The maximum absolute atomic E-state index is 13.9. The van der Waals surface area contributed by atoms with Crippen molar-refractivity contribution >= 4 is 5.90 Å². The summed E-state index contributed by atoms with van der Waals surface area (Å²) in [5.74, 6) is -1.31. The second kappa shape index (κ2) is 6.48. The molecule has 3 aromatic rings. The van der Waals surface area contributed by atoms with Crippen LogP contribution < -0.4 is 0 Å². The fraction of sp³-hybridized carbons (Fsp3) is 0.0952. The van der Waals surface area contributed by atoms with Gasteiger partial charge in [-0.25, -0.2) is 13.8 Å². The molecule has 1 unspecified atom stereocenters. The Balaban J connectivity index is 1.60. The van der Waals surface area contributed by atoms with Crippen molar-refractivity contribution in [3.63, 3.8) is 0 Å². The highest BCUT2D eigenvalue weighted by atomic mass is 19.1. The van der Waals surface area contributed by atoms with Gasteiger partial charge in [-0.15, -0.1) is 0 Å². The first-order valence-electron chi connectivity index (χ1n) is 8.03. The van der Waals surface area contributed by atoms with Gasteiger partial charge in [0.15, 0.2) is 0 Å². The Morgan fingerprint density at radius 2 is 1.40 bits per heavy atom. The lowest BCUT2D eigenvalue weighted by Crippen LogP contribution is -2.07. The molecule has 0 saturated heterocycles. The van der Waals surface area contributed by atoms with Crippen molar-refractivity contribution in [3.05, 3.63) is 95.6 Å². The highest BCUT2D eigenvalue weighted by Crippen LogP contribution is 2.29. The average Bonchev–Trinajstić information content (AvgIpc) is 3.12. The molecule has 0 fully saturated rings. The lowest BCUT2D eigenvalue weighted by molar-refractivity contribution is 0.317. The van der Waals surface area contributed by atoms with Crippen molar-refractivity contribution < 1.29 is 13.5 Å². The minimum Gasteiger partial charge on any atom is -0.475 e. The van der Waals surface area contributed by atoms with Crippen LogP contribution in [0.25, 0.3) is 11.1 Å². The van der Waals surface area contributed by atoms with Gasteiger partial charge in [0.25, 0.3) is 0 Å². The van der Waals surface area contributed by atoms with Crippen molar-refractivity contribution in [1.82, 2.24) is 0 Å². The third-order valence-corrected chi connectivity index (χ3v) is 4.23. The van der Waals surface area contributed by atoms with Crippen LogP contribution in [0.2, 0.25) is 0 Å². The van der Waals surface area contributed by atoms with Gasteiger partial charge >= 0.3 is 0 Å². The van der Waals surface area contributed by atoms with Crippen molar-refractivity contribution in [2.24, 2.45) is 4.99 Å². The summed E-state index contributed by atoms with van der Waals surface area (Å²) in [6.45, 7) is 0.272. The molecule has 0 spiro atoms. The predicted octanol–water partition coefficient (Wildman–Crippen LogP) is 5.15. The second-order valence-corrected chi connectivity index (χ2v) is 5.85. The molecule has 0 aromatic heterocycles. The Morgan fingerprint density at radius 1 is 0.760 bits per heavy atom. The lowest BCUT2D eigenvalue weighted by Gasteiger charge is -2.07. The molecule has 0 aliphatic carbocycles. The lowest BCUT2D eigenvalue weighted by atomic mass is 10.0. The van der Waals surface area contributed by atoms with E-state index >= 15 is 0 Å². The Hall–Kier alpha value is -3.01. The summed E-state index contributed by atoms with van der Waals surface area (Å²) >= 11 is 0. The Kier molecular flexibility index (Phi) is 4.02. The third kappa shape index (κ3) is 3.03. The molecule has 0 bridgehead atoms. The zero-order valence-corrected chi connectivity index (χ0v) is 13.3. The average molecular weight is 335 g/mol. The molecule has 4 rings (SSSR count). The highest BCUT2D eigenvalue weighted by molar-refractivity contribution is 5.95. The number of nitrogens with zero attached hydrogens (tertiary/aromatic N) is 1. The molecule has 1 heterocycles. The second-order valence-electron chi connectivity index (χ2n) is 5.85. The molecule has 25 heavy (non-hydrogen) atoms. The summed E-state index contributed by atoms with van der Waals surface area (Å²) in [6.07, 6.45) is 0. The minimum atomic E-state index is -0.668. The van der Waals surface area contributed by atoms with E-state index in [9.17, 15) is 8.78 Å². The van der Waals surface area contributed by atoms with Crippen LogP contribution in [0, 0.1) is 11.6 Å².